The molecule has 1 aromatic carbocycles. The number of nitrogens with one attached hydrogen (secondary N) is 1. The Bertz CT molecular complexity index is 837. The molecule has 142 valence electrons. The normalized spacial score (nSPS) is 19.9. The first kappa shape index (κ1) is 17.9. The predicted octanol–water partition coefficient (Wildman–Crippen LogP) is 1.59. The van der Waals surface area contributed by atoms with E-state index in [2.05, 4.69) is 27.3 Å². The Hall–Kier alpha value is -2.51. The molecule has 2 aromatic rings. The van der Waals surface area contributed by atoms with Gasteiger partial charge in [-0.15, -0.1) is 0 Å². The summed E-state index contributed by atoms with van der Waals surface area (Å²) in [4.78, 5) is 16.4. The van der Waals surface area contributed by atoms with Crippen molar-refractivity contribution in [3.63, 3.8) is 0 Å². The predicted molar refractivity (Wildman–Crippen MR) is 109 cm³/mol. The number of rotatable bonds is 4. The number of anilines is 1. The molecule has 0 amide bonds. The molecule has 0 unspecified atom stereocenters. The van der Waals surface area contributed by atoms with Gasteiger partial charge < -0.3 is 20.7 Å². The summed E-state index contributed by atoms with van der Waals surface area (Å²) in [5, 5.41) is 3.35. The number of hydrogen-bond donors (Lipinski definition) is 2. The Morgan fingerprint density at radius 3 is 2.81 bits per heavy atom. The van der Waals surface area contributed by atoms with Crippen LogP contribution in [0.1, 0.15) is 18.5 Å². The van der Waals surface area contributed by atoms with E-state index >= 15 is 0 Å². The fraction of sp³-hybridized carbons (Fsp3) is 0.450. The van der Waals surface area contributed by atoms with Crippen LogP contribution < -0.4 is 16.0 Å². The molecule has 2 fully saturated rings. The van der Waals surface area contributed by atoms with E-state index in [1.165, 1.54) is 0 Å². The van der Waals surface area contributed by atoms with Crippen molar-refractivity contribution in [1.29, 1.82) is 0 Å². The first-order chi connectivity index (χ1) is 13.3. The van der Waals surface area contributed by atoms with Crippen molar-refractivity contribution in [3.05, 3.63) is 36.3 Å². The smallest absolute Gasteiger partial charge is 0.0922 e. The second kappa shape index (κ2) is 8.45. The summed E-state index contributed by atoms with van der Waals surface area (Å²) in [5.74, 6) is 0. The van der Waals surface area contributed by atoms with Crippen molar-refractivity contribution in [1.82, 2.24) is 15.3 Å². The van der Waals surface area contributed by atoms with Crippen molar-refractivity contribution in [2.75, 3.05) is 44.3 Å². The van der Waals surface area contributed by atoms with Gasteiger partial charge in [0.05, 0.1) is 42.2 Å². The summed E-state index contributed by atoms with van der Waals surface area (Å²) in [7, 11) is 0. The van der Waals surface area contributed by atoms with Gasteiger partial charge in [0.25, 0.3) is 0 Å². The fourth-order valence-electron chi connectivity index (χ4n) is 3.49. The van der Waals surface area contributed by atoms with E-state index in [1.54, 1.807) is 12.4 Å². The molecule has 7 nitrogen and oxygen atoms in total. The van der Waals surface area contributed by atoms with E-state index in [9.17, 15) is 0 Å². The average molecular weight is 366 g/mol. The van der Waals surface area contributed by atoms with Crippen molar-refractivity contribution in [2.45, 2.75) is 18.9 Å². The largest absolute Gasteiger partial charge is 0.404 e. The Labute approximate surface area is 159 Å². The Kier molecular flexibility index (Phi) is 5.60. The number of piperidine rings is 1. The van der Waals surface area contributed by atoms with Gasteiger partial charge in [0.15, 0.2) is 0 Å². The summed E-state index contributed by atoms with van der Waals surface area (Å²) in [6, 6.07) is 6.56. The molecular formula is C20H26N6O. The number of allylic oxidation sites excluding steroid dienone is 1. The SMILES string of the molecule is NC=C(C=NC1CCNCC1)c1cnc2ccc(N3CCOCC3)cc2n1. The molecule has 4 rings (SSSR count). The lowest BCUT2D eigenvalue weighted by atomic mass is 10.1. The molecule has 2 aliphatic heterocycles. The van der Waals surface area contributed by atoms with Crippen LogP contribution in [0.15, 0.2) is 35.6 Å². The van der Waals surface area contributed by atoms with E-state index in [4.69, 9.17) is 20.4 Å². The van der Waals surface area contributed by atoms with E-state index in [1.807, 2.05) is 12.3 Å². The molecule has 2 saturated heterocycles. The van der Waals surface area contributed by atoms with Crippen LogP contribution in [0, 0.1) is 0 Å². The Morgan fingerprint density at radius 2 is 2.04 bits per heavy atom. The number of benzene rings is 1. The van der Waals surface area contributed by atoms with Crippen molar-refractivity contribution in [2.24, 2.45) is 10.7 Å². The molecule has 3 N–H and O–H groups in total. The lowest BCUT2D eigenvalue weighted by Crippen LogP contribution is -2.36. The van der Waals surface area contributed by atoms with Gasteiger partial charge in [-0.25, -0.2) is 4.98 Å². The molecule has 0 spiro atoms. The van der Waals surface area contributed by atoms with Gasteiger partial charge in [-0.2, -0.15) is 0 Å². The minimum absolute atomic E-state index is 0.350. The lowest BCUT2D eigenvalue weighted by Gasteiger charge is -2.28. The molecule has 0 bridgehead atoms. The lowest BCUT2D eigenvalue weighted by molar-refractivity contribution is 0.122. The van der Waals surface area contributed by atoms with Gasteiger partial charge in [-0.05, 0) is 44.1 Å². The van der Waals surface area contributed by atoms with Gasteiger partial charge >= 0.3 is 0 Å². The summed E-state index contributed by atoms with van der Waals surface area (Å²) in [5.41, 5.74) is 10.3. The number of aromatic nitrogens is 2. The van der Waals surface area contributed by atoms with Gasteiger partial charge in [0.1, 0.15) is 0 Å². The zero-order chi connectivity index (χ0) is 18.5. The monoisotopic (exact) mass is 366 g/mol. The number of hydrogen-bond acceptors (Lipinski definition) is 7. The van der Waals surface area contributed by atoms with E-state index in [0.29, 0.717) is 6.04 Å². The highest BCUT2D eigenvalue weighted by Gasteiger charge is 2.13. The third-order valence-corrected chi connectivity index (χ3v) is 5.11. The molecule has 1 aromatic heterocycles. The van der Waals surface area contributed by atoms with Crippen LogP contribution in [0.2, 0.25) is 0 Å². The number of nitrogens with zero attached hydrogens (tertiary/aromatic N) is 4. The molecule has 27 heavy (non-hydrogen) atoms. The molecule has 0 radical (unpaired) electrons. The number of morpholine rings is 1. The maximum Gasteiger partial charge on any atom is 0.0922 e. The van der Waals surface area contributed by atoms with Gasteiger partial charge in [0, 0.05) is 36.8 Å². The summed E-state index contributed by atoms with van der Waals surface area (Å²) in [6.07, 6.45) is 7.29. The molecular weight excluding hydrogens is 340 g/mol. The van der Waals surface area contributed by atoms with Crippen LogP contribution in [-0.2, 0) is 4.74 Å². The van der Waals surface area contributed by atoms with E-state index in [-0.39, 0.29) is 0 Å². The average Bonchev–Trinajstić information content (AvgIpc) is 2.75. The third kappa shape index (κ3) is 4.26. The van der Waals surface area contributed by atoms with Crippen molar-refractivity contribution >= 4 is 28.5 Å². The number of nitrogens with two attached hydrogens (primary N) is 1. The summed E-state index contributed by atoms with van der Waals surface area (Å²) in [6.45, 7) is 5.35. The van der Waals surface area contributed by atoms with E-state index in [0.717, 1.165) is 80.2 Å². The van der Waals surface area contributed by atoms with Crippen molar-refractivity contribution in [3.8, 4) is 0 Å². The molecule has 0 aliphatic carbocycles. The number of ether oxygens (including phenoxy) is 1. The highest BCUT2D eigenvalue weighted by molar-refractivity contribution is 6.09. The topological polar surface area (TPSA) is 88.7 Å². The third-order valence-electron chi connectivity index (χ3n) is 5.11. The standard InChI is InChI=1S/C20H26N6O/c21-12-15(13-23-16-3-5-22-6-4-16)20-14-24-18-2-1-17(11-19(18)25-20)26-7-9-27-10-8-26/h1-2,11-14,16,22H,3-10,21H2. The Morgan fingerprint density at radius 1 is 1.22 bits per heavy atom. The molecule has 0 saturated carbocycles. The van der Waals surface area contributed by atoms with Crippen LogP contribution in [0.5, 0.6) is 0 Å². The first-order valence-electron chi connectivity index (χ1n) is 9.59. The second-order valence-corrected chi connectivity index (χ2v) is 6.91. The highest BCUT2D eigenvalue weighted by Crippen LogP contribution is 2.22. The van der Waals surface area contributed by atoms with Crippen LogP contribution in [0.4, 0.5) is 5.69 Å². The minimum Gasteiger partial charge on any atom is -0.404 e. The number of fused-ring (bicyclic) bond motifs is 1. The number of aliphatic imine (C=N–C) groups is 1. The first-order valence-corrected chi connectivity index (χ1v) is 9.59. The van der Waals surface area contributed by atoms with Crippen LogP contribution in [-0.4, -0.2) is 61.6 Å². The maximum absolute atomic E-state index is 5.86. The van der Waals surface area contributed by atoms with Gasteiger partial charge in [-0.3, -0.25) is 9.98 Å². The fourth-order valence-corrected chi connectivity index (χ4v) is 3.49. The summed E-state index contributed by atoms with van der Waals surface area (Å²) < 4.78 is 5.44. The highest BCUT2D eigenvalue weighted by atomic mass is 16.5. The van der Waals surface area contributed by atoms with E-state index < -0.39 is 0 Å². The van der Waals surface area contributed by atoms with Gasteiger partial charge in [0.2, 0.25) is 0 Å². The summed E-state index contributed by atoms with van der Waals surface area (Å²) >= 11 is 0. The van der Waals surface area contributed by atoms with Gasteiger partial charge in [-0.1, -0.05) is 0 Å². The molecule has 0 atom stereocenters. The Balaban J connectivity index is 1.57. The molecule has 2 aliphatic rings. The zero-order valence-corrected chi connectivity index (χ0v) is 15.5. The molecule has 3 heterocycles. The minimum atomic E-state index is 0.350. The van der Waals surface area contributed by atoms with Crippen LogP contribution in [0.25, 0.3) is 16.6 Å². The quantitative estimate of drug-likeness (QED) is 0.799. The zero-order valence-electron chi connectivity index (χ0n) is 15.5. The second-order valence-electron chi connectivity index (χ2n) is 6.91. The van der Waals surface area contributed by atoms with Crippen LogP contribution >= 0.6 is 0 Å². The van der Waals surface area contributed by atoms with Crippen LogP contribution in [0.3, 0.4) is 0 Å². The molecule has 7 heteroatoms. The maximum atomic E-state index is 5.86. The van der Waals surface area contributed by atoms with Crippen molar-refractivity contribution < 1.29 is 4.74 Å².